The molecule has 1 nitrogen and oxygen atoms in total. The molecule has 1 atom stereocenters. The minimum Gasteiger partial charge on any atom is -0.304 e. The predicted molar refractivity (Wildman–Crippen MR) is 83.0 cm³/mol. The molecule has 0 heterocycles. The number of benzene rings is 1. The Labute approximate surface area is 116 Å². The van der Waals surface area contributed by atoms with E-state index in [4.69, 9.17) is 5.41 Å². The van der Waals surface area contributed by atoms with Crippen LogP contribution < -0.4 is 0 Å². The minimum atomic E-state index is -0.120. The average Bonchev–Trinajstić information content (AvgIpc) is 2.68. The standard InChI is InChI=1S/C18H23N/c1-12-10-11-14(13(12)2)15-8-6-7-9-16(15)17(19)18(3,4)5/h6-11,14,19H,1-5H3. The van der Waals surface area contributed by atoms with Crippen molar-refractivity contribution in [1.29, 1.82) is 5.41 Å². The topological polar surface area (TPSA) is 23.9 Å². The molecule has 1 aromatic carbocycles. The van der Waals surface area contributed by atoms with Crippen molar-refractivity contribution >= 4 is 5.71 Å². The Bertz CT molecular complexity index is 568. The molecule has 0 amide bonds. The second kappa shape index (κ2) is 4.80. The van der Waals surface area contributed by atoms with Gasteiger partial charge in [-0.25, -0.2) is 0 Å². The van der Waals surface area contributed by atoms with E-state index in [0.717, 1.165) is 5.56 Å². The summed E-state index contributed by atoms with van der Waals surface area (Å²) in [7, 11) is 0. The second-order valence-corrected chi connectivity index (χ2v) is 6.42. The van der Waals surface area contributed by atoms with Crippen molar-refractivity contribution in [3.63, 3.8) is 0 Å². The molecule has 0 spiro atoms. The van der Waals surface area contributed by atoms with E-state index in [-0.39, 0.29) is 5.41 Å². The van der Waals surface area contributed by atoms with E-state index in [9.17, 15) is 0 Å². The van der Waals surface area contributed by atoms with Crippen molar-refractivity contribution in [3.8, 4) is 0 Å². The van der Waals surface area contributed by atoms with Crippen LogP contribution in [-0.4, -0.2) is 5.71 Å². The zero-order chi connectivity index (χ0) is 14.2. The van der Waals surface area contributed by atoms with Crippen LogP contribution in [0.1, 0.15) is 51.7 Å². The lowest BCUT2D eigenvalue weighted by atomic mass is 9.80. The minimum absolute atomic E-state index is 0.120. The summed E-state index contributed by atoms with van der Waals surface area (Å²) in [6.45, 7) is 10.7. The van der Waals surface area contributed by atoms with E-state index in [0.29, 0.717) is 11.6 Å². The van der Waals surface area contributed by atoms with Crippen molar-refractivity contribution in [1.82, 2.24) is 0 Å². The van der Waals surface area contributed by atoms with Crippen LogP contribution in [-0.2, 0) is 0 Å². The summed E-state index contributed by atoms with van der Waals surface area (Å²) in [6.07, 6.45) is 4.44. The van der Waals surface area contributed by atoms with Crippen LogP contribution in [0.15, 0.2) is 47.6 Å². The fraction of sp³-hybridized carbons (Fsp3) is 0.389. The van der Waals surface area contributed by atoms with Crippen LogP contribution in [0.5, 0.6) is 0 Å². The fourth-order valence-electron chi connectivity index (χ4n) is 2.50. The van der Waals surface area contributed by atoms with E-state index in [1.807, 2.05) is 6.07 Å². The predicted octanol–water partition coefficient (Wildman–Crippen LogP) is 5.09. The zero-order valence-corrected chi connectivity index (χ0v) is 12.5. The maximum absolute atomic E-state index is 8.46. The Morgan fingerprint density at radius 3 is 2.26 bits per heavy atom. The molecular weight excluding hydrogens is 230 g/mol. The summed E-state index contributed by atoms with van der Waals surface area (Å²) in [5.74, 6) is 0.332. The highest BCUT2D eigenvalue weighted by molar-refractivity contribution is 6.03. The summed E-state index contributed by atoms with van der Waals surface area (Å²) < 4.78 is 0. The molecule has 0 bridgehead atoms. The molecular formula is C18H23N. The lowest BCUT2D eigenvalue weighted by Crippen LogP contribution is -2.22. The third-order valence-corrected chi connectivity index (χ3v) is 3.94. The molecule has 1 unspecified atom stereocenters. The highest BCUT2D eigenvalue weighted by atomic mass is 14.5. The first-order valence-corrected chi connectivity index (χ1v) is 6.86. The highest BCUT2D eigenvalue weighted by Gasteiger charge is 2.25. The van der Waals surface area contributed by atoms with Gasteiger partial charge in [0.05, 0.1) is 0 Å². The van der Waals surface area contributed by atoms with Crippen LogP contribution in [0.4, 0.5) is 0 Å². The first kappa shape index (κ1) is 13.8. The summed E-state index contributed by atoms with van der Waals surface area (Å²) in [6, 6.07) is 8.34. The number of rotatable bonds is 2. The molecule has 1 heteroatoms. The Balaban J connectivity index is 2.50. The Hall–Kier alpha value is -1.63. The van der Waals surface area contributed by atoms with Crippen molar-refractivity contribution in [3.05, 3.63) is 58.7 Å². The van der Waals surface area contributed by atoms with E-state index >= 15 is 0 Å². The van der Waals surface area contributed by atoms with Crippen LogP contribution in [0.2, 0.25) is 0 Å². The number of allylic oxidation sites excluding steroid dienone is 4. The summed E-state index contributed by atoms with van der Waals surface area (Å²) >= 11 is 0. The largest absolute Gasteiger partial charge is 0.304 e. The Kier molecular flexibility index (Phi) is 3.49. The Morgan fingerprint density at radius 1 is 1.11 bits per heavy atom. The zero-order valence-electron chi connectivity index (χ0n) is 12.5. The van der Waals surface area contributed by atoms with Gasteiger partial charge in [-0.2, -0.15) is 0 Å². The molecule has 1 N–H and O–H groups in total. The molecule has 0 saturated carbocycles. The molecule has 1 aliphatic carbocycles. The van der Waals surface area contributed by atoms with Crippen molar-refractivity contribution in [2.45, 2.75) is 40.5 Å². The maximum atomic E-state index is 8.46. The number of hydrogen-bond donors (Lipinski definition) is 1. The van der Waals surface area contributed by atoms with E-state index < -0.39 is 0 Å². The lowest BCUT2D eigenvalue weighted by Gasteiger charge is -2.24. The van der Waals surface area contributed by atoms with Gasteiger partial charge in [-0.05, 0) is 25.0 Å². The van der Waals surface area contributed by atoms with Gasteiger partial charge in [-0.15, -0.1) is 0 Å². The van der Waals surface area contributed by atoms with Gasteiger partial charge >= 0.3 is 0 Å². The second-order valence-electron chi connectivity index (χ2n) is 6.42. The van der Waals surface area contributed by atoms with Gasteiger partial charge in [0.15, 0.2) is 0 Å². The first-order valence-electron chi connectivity index (χ1n) is 6.86. The van der Waals surface area contributed by atoms with Crippen LogP contribution in [0.25, 0.3) is 0 Å². The monoisotopic (exact) mass is 253 g/mol. The average molecular weight is 253 g/mol. The molecule has 1 aromatic rings. The molecule has 2 rings (SSSR count). The smallest absolute Gasteiger partial charge is 0.0442 e. The molecule has 0 aliphatic heterocycles. The maximum Gasteiger partial charge on any atom is 0.0442 e. The van der Waals surface area contributed by atoms with Crippen LogP contribution in [0, 0.1) is 10.8 Å². The van der Waals surface area contributed by atoms with E-state index in [1.54, 1.807) is 0 Å². The molecule has 0 fully saturated rings. The van der Waals surface area contributed by atoms with Crippen molar-refractivity contribution < 1.29 is 0 Å². The SMILES string of the molecule is CC1=C(C)C(c2ccccc2C(=N)C(C)(C)C)C=C1. The van der Waals surface area contributed by atoms with Crippen molar-refractivity contribution in [2.75, 3.05) is 0 Å². The van der Waals surface area contributed by atoms with Crippen LogP contribution >= 0.6 is 0 Å². The normalized spacial score (nSPS) is 19.1. The van der Waals surface area contributed by atoms with Crippen LogP contribution in [0.3, 0.4) is 0 Å². The molecule has 1 aliphatic rings. The lowest BCUT2D eigenvalue weighted by molar-refractivity contribution is 0.588. The van der Waals surface area contributed by atoms with E-state index in [2.05, 4.69) is 65.0 Å². The van der Waals surface area contributed by atoms with Gasteiger partial charge in [-0.1, -0.05) is 68.3 Å². The highest BCUT2D eigenvalue weighted by Crippen LogP contribution is 2.36. The van der Waals surface area contributed by atoms with Gasteiger partial charge in [0.25, 0.3) is 0 Å². The molecule has 0 saturated heterocycles. The molecule has 0 aromatic heterocycles. The third-order valence-electron chi connectivity index (χ3n) is 3.94. The molecule has 19 heavy (non-hydrogen) atoms. The number of hydrogen-bond acceptors (Lipinski definition) is 1. The van der Waals surface area contributed by atoms with Gasteiger partial charge < -0.3 is 5.41 Å². The number of nitrogens with one attached hydrogen (secondary N) is 1. The Morgan fingerprint density at radius 2 is 1.74 bits per heavy atom. The fourth-order valence-corrected chi connectivity index (χ4v) is 2.50. The summed E-state index contributed by atoms with van der Waals surface area (Å²) in [5.41, 5.74) is 5.68. The molecule has 0 radical (unpaired) electrons. The van der Waals surface area contributed by atoms with Gasteiger partial charge in [0.1, 0.15) is 0 Å². The van der Waals surface area contributed by atoms with Gasteiger partial charge in [0, 0.05) is 17.0 Å². The summed E-state index contributed by atoms with van der Waals surface area (Å²) in [4.78, 5) is 0. The molecule has 100 valence electrons. The third kappa shape index (κ3) is 2.56. The van der Waals surface area contributed by atoms with Gasteiger partial charge in [0.2, 0.25) is 0 Å². The van der Waals surface area contributed by atoms with Gasteiger partial charge in [-0.3, -0.25) is 0 Å². The quantitative estimate of drug-likeness (QED) is 0.710. The van der Waals surface area contributed by atoms with Crippen molar-refractivity contribution in [2.24, 2.45) is 5.41 Å². The van der Waals surface area contributed by atoms with E-state index in [1.165, 1.54) is 16.7 Å². The first-order chi connectivity index (χ1) is 8.82. The summed E-state index contributed by atoms with van der Waals surface area (Å²) in [5, 5.41) is 8.46.